The zero-order valence-electron chi connectivity index (χ0n) is 23.8. The van der Waals surface area contributed by atoms with Crippen LogP contribution in [-0.2, 0) is 9.47 Å². The molecule has 0 aliphatic rings. The predicted molar refractivity (Wildman–Crippen MR) is 169 cm³/mol. The summed E-state index contributed by atoms with van der Waals surface area (Å²) in [4.78, 5) is 0. The van der Waals surface area contributed by atoms with Gasteiger partial charge >= 0.3 is 0 Å². The standard InChI is InChI=1S/C36H36O2S/c1-7-35(8-2,37-5)18-15-28-30-21-25-13-11-12-14-26(25)22-31(30)29(16-19-36(9-3,10-4)38-6)33-24-34-27(17-20-39-34)23-32(28)33/h11-14,17,20-24H,7-10H2,1-6H3. The smallest absolute Gasteiger partial charge is 0.128 e. The molecule has 0 N–H and O–H groups in total. The summed E-state index contributed by atoms with van der Waals surface area (Å²) < 4.78 is 13.1. The highest BCUT2D eigenvalue weighted by Crippen LogP contribution is 2.38. The lowest BCUT2D eigenvalue weighted by atomic mass is 9.88. The maximum Gasteiger partial charge on any atom is 0.128 e. The van der Waals surface area contributed by atoms with Gasteiger partial charge in [0.1, 0.15) is 11.2 Å². The minimum absolute atomic E-state index is 0.471. The van der Waals surface area contributed by atoms with Crippen molar-refractivity contribution >= 4 is 53.7 Å². The number of fused-ring (bicyclic) bond motifs is 4. The van der Waals surface area contributed by atoms with Gasteiger partial charge < -0.3 is 9.47 Å². The number of methoxy groups -OCH3 is 2. The Morgan fingerprint density at radius 3 is 1.49 bits per heavy atom. The number of rotatable bonds is 6. The normalized spacial score (nSPS) is 12.1. The van der Waals surface area contributed by atoms with E-state index in [1.165, 1.54) is 20.9 Å². The van der Waals surface area contributed by atoms with Crippen LogP contribution in [0.4, 0.5) is 0 Å². The summed E-state index contributed by atoms with van der Waals surface area (Å²) in [5, 5.41) is 10.3. The van der Waals surface area contributed by atoms with Crippen LogP contribution in [0.5, 0.6) is 0 Å². The summed E-state index contributed by atoms with van der Waals surface area (Å²) in [5.74, 6) is 14.4. The van der Waals surface area contributed by atoms with E-state index in [0.717, 1.165) is 58.4 Å². The quantitative estimate of drug-likeness (QED) is 0.160. The van der Waals surface area contributed by atoms with Crippen molar-refractivity contribution in [3.8, 4) is 23.7 Å². The van der Waals surface area contributed by atoms with E-state index in [-0.39, 0.29) is 0 Å². The maximum atomic E-state index is 5.94. The van der Waals surface area contributed by atoms with Crippen LogP contribution in [0.3, 0.4) is 0 Å². The van der Waals surface area contributed by atoms with Crippen LogP contribution < -0.4 is 0 Å². The van der Waals surface area contributed by atoms with Gasteiger partial charge in [-0.15, -0.1) is 11.3 Å². The third-order valence-corrected chi connectivity index (χ3v) is 9.33. The van der Waals surface area contributed by atoms with E-state index in [2.05, 4.69) is 111 Å². The molecule has 0 saturated heterocycles. The Hall–Kier alpha value is -3.34. The molecule has 0 fully saturated rings. The average molecular weight is 533 g/mol. The molecule has 5 rings (SSSR count). The summed E-state index contributed by atoms with van der Waals surface area (Å²) in [7, 11) is 3.53. The van der Waals surface area contributed by atoms with Crippen molar-refractivity contribution < 1.29 is 9.47 Å². The predicted octanol–water partition coefficient (Wildman–Crippen LogP) is 9.47. The average Bonchev–Trinajstić information content (AvgIpc) is 3.45. The van der Waals surface area contributed by atoms with Gasteiger partial charge in [0.2, 0.25) is 0 Å². The van der Waals surface area contributed by atoms with Gasteiger partial charge in [0, 0.05) is 35.4 Å². The molecule has 2 nitrogen and oxygen atoms in total. The monoisotopic (exact) mass is 532 g/mol. The van der Waals surface area contributed by atoms with Crippen molar-refractivity contribution in [1.82, 2.24) is 0 Å². The molecule has 0 aliphatic carbocycles. The molecule has 0 spiro atoms. The molecule has 0 bridgehead atoms. The first kappa shape index (κ1) is 27.2. The highest BCUT2D eigenvalue weighted by atomic mass is 32.1. The second-order valence-corrected chi connectivity index (χ2v) is 11.1. The zero-order valence-corrected chi connectivity index (χ0v) is 24.6. The van der Waals surface area contributed by atoms with Crippen molar-refractivity contribution in [2.24, 2.45) is 0 Å². The lowest BCUT2D eigenvalue weighted by Gasteiger charge is -2.24. The van der Waals surface area contributed by atoms with Gasteiger partial charge in [-0.2, -0.15) is 0 Å². The summed E-state index contributed by atoms with van der Waals surface area (Å²) >= 11 is 1.76. The number of hydrogen-bond acceptors (Lipinski definition) is 3. The van der Waals surface area contributed by atoms with E-state index >= 15 is 0 Å². The van der Waals surface area contributed by atoms with Gasteiger partial charge in [0.25, 0.3) is 0 Å². The molecule has 3 heteroatoms. The third-order valence-electron chi connectivity index (χ3n) is 8.45. The highest BCUT2D eigenvalue weighted by molar-refractivity contribution is 7.17. The second kappa shape index (κ2) is 11.0. The lowest BCUT2D eigenvalue weighted by Crippen LogP contribution is -2.27. The molecule has 0 amide bonds. The molecule has 5 aromatic rings. The fourth-order valence-electron chi connectivity index (χ4n) is 5.52. The molecule has 1 aromatic heterocycles. The summed E-state index contributed by atoms with van der Waals surface area (Å²) in [6, 6.07) is 19.9. The number of benzene rings is 4. The first-order valence-electron chi connectivity index (χ1n) is 13.9. The summed E-state index contributed by atoms with van der Waals surface area (Å²) in [6.45, 7) is 8.57. The largest absolute Gasteiger partial charge is 0.366 e. The molecule has 4 aromatic carbocycles. The molecule has 0 aliphatic heterocycles. The molecule has 1 heterocycles. The number of ether oxygens (including phenoxy) is 2. The molecular formula is C36H36O2S. The van der Waals surface area contributed by atoms with Crippen LogP contribution in [0.1, 0.15) is 64.5 Å². The van der Waals surface area contributed by atoms with Gasteiger partial charge in [0.05, 0.1) is 0 Å². The molecule has 198 valence electrons. The Bertz CT molecular complexity index is 1650. The number of hydrogen-bond donors (Lipinski definition) is 0. The van der Waals surface area contributed by atoms with Gasteiger partial charge in [0.15, 0.2) is 0 Å². The van der Waals surface area contributed by atoms with Crippen LogP contribution in [-0.4, -0.2) is 25.4 Å². The fraction of sp³-hybridized carbons (Fsp3) is 0.333. The second-order valence-electron chi connectivity index (χ2n) is 10.2. The number of thiophene rings is 1. The minimum Gasteiger partial charge on any atom is -0.366 e. The van der Waals surface area contributed by atoms with E-state index in [4.69, 9.17) is 9.47 Å². The molecule has 0 saturated carbocycles. The van der Waals surface area contributed by atoms with E-state index < -0.39 is 11.2 Å². The highest BCUT2D eigenvalue weighted by Gasteiger charge is 2.24. The van der Waals surface area contributed by atoms with Gasteiger partial charge in [-0.1, -0.05) is 75.6 Å². The summed E-state index contributed by atoms with van der Waals surface area (Å²) in [6.07, 6.45) is 3.32. The third kappa shape index (κ3) is 4.81. The van der Waals surface area contributed by atoms with Crippen LogP contribution >= 0.6 is 11.3 Å². The van der Waals surface area contributed by atoms with Crippen LogP contribution in [0, 0.1) is 23.7 Å². The van der Waals surface area contributed by atoms with Gasteiger partial charge in [-0.25, -0.2) is 0 Å². The SMILES string of the molecule is CCC(C#Cc1c2cc3ccccc3cc2c(C#CC(CC)(CC)OC)c2cc3sccc3cc12)(CC)OC. The van der Waals surface area contributed by atoms with Crippen molar-refractivity contribution in [2.75, 3.05) is 14.2 Å². The van der Waals surface area contributed by atoms with Crippen LogP contribution in [0.25, 0.3) is 42.4 Å². The van der Waals surface area contributed by atoms with Gasteiger partial charge in [-0.3, -0.25) is 0 Å². The molecule has 0 radical (unpaired) electrons. The van der Waals surface area contributed by atoms with Crippen LogP contribution in [0.2, 0.25) is 0 Å². The van der Waals surface area contributed by atoms with E-state index in [1.807, 2.05) is 0 Å². The first-order chi connectivity index (χ1) is 19.0. The van der Waals surface area contributed by atoms with E-state index in [1.54, 1.807) is 25.6 Å². The maximum absolute atomic E-state index is 5.94. The van der Waals surface area contributed by atoms with Crippen molar-refractivity contribution in [3.05, 3.63) is 71.1 Å². The van der Waals surface area contributed by atoms with Crippen molar-refractivity contribution in [3.63, 3.8) is 0 Å². The lowest BCUT2D eigenvalue weighted by molar-refractivity contribution is 0.0344. The molecule has 39 heavy (non-hydrogen) atoms. The Balaban J connectivity index is 1.98. The molecular weight excluding hydrogens is 496 g/mol. The van der Waals surface area contributed by atoms with Crippen molar-refractivity contribution in [1.29, 1.82) is 0 Å². The Kier molecular flexibility index (Phi) is 7.70. The Morgan fingerprint density at radius 1 is 0.615 bits per heavy atom. The summed E-state index contributed by atoms with van der Waals surface area (Å²) in [5.41, 5.74) is 1.14. The zero-order chi connectivity index (χ0) is 27.6. The first-order valence-corrected chi connectivity index (χ1v) is 14.8. The topological polar surface area (TPSA) is 18.5 Å². The fourth-order valence-corrected chi connectivity index (χ4v) is 6.33. The van der Waals surface area contributed by atoms with E-state index in [0.29, 0.717) is 0 Å². The van der Waals surface area contributed by atoms with Crippen LogP contribution in [0.15, 0.2) is 60.0 Å². The molecule has 0 atom stereocenters. The Morgan fingerprint density at radius 2 is 1.05 bits per heavy atom. The minimum atomic E-state index is -0.471. The Labute approximate surface area is 236 Å². The van der Waals surface area contributed by atoms with Crippen molar-refractivity contribution in [2.45, 2.75) is 64.6 Å². The van der Waals surface area contributed by atoms with E-state index in [9.17, 15) is 0 Å². The van der Waals surface area contributed by atoms with Gasteiger partial charge in [-0.05, 0) is 93.7 Å². The molecule has 0 unspecified atom stereocenters.